The van der Waals surface area contributed by atoms with Crippen molar-refractivity contribution in [3.8, 4) is 0 Å². The average Bonchev–Trinajstić information content (AvgIpc) is 3.22. The number of hydrogen-bond acceptors (Lipinski definition) is 6. The van der Waals surface area contributed by atoms with Gasteiger partial charge in [0, 0.05) is 18.2 Å². The molecule has 26 heavy (non-hydrogen) atoms. The smallest absolute Gasteiger partial charge is 0.228 e. The summed E-state index contributed by atoms with van der Waals surface area (Å²) >= 11 is 0.981. The lowest BCUT2D eigenvalue weighted by Gasteiger charge is -2.22. The van der Waals surface area contributed by atoms with Gasteiger partial charge < -0.3 is 4.90 Å². The SMILES string of the molecule is C[C@H]1Cc2ccccc2N1C(=O)CCS(=O)(=O)c1cccc2nsnc12. The van der Waals surface area contributed by atoms with Gasteiger partial charge >= 0.3 is 0 Å². The largest absolute Gasteiger partial charge is 0.309 e. The Morgan fingerprint density at radius 1 is 1.19 bits per heavy atom. The van der Waals surface area contributed by atoms with E-state index < -0.39 is 9.84 Å². The lowest BCUT2D eigenvalue weighted by molar-refractivity contribution is -0.118. The summed E-state index contributed by atoms with van der Waals surface area (Å²) in [6.07, 6.45) is 0.730. The molecule has 0 bridgehead atoms. The summed E-state index contributed by atoms with van der Waals surface area (Å²) in [4.78, 5) is 14.6. The van der Waals surface area contributed by atoms with Gasteiger partial charge in [0.25, 0.3) is 0 Å². The normalized spacial score (nSPS) is 16.8. The van der Waals surface area contributed by atoms with Crippen LogP contribution in [0.3, 0.4) is 0 Å². The Morgan fingerprint density at radius 3 is 2.85 bits per heavy atom. The van der Waals surface area contributed by atoms with E-state index in [4.69, 9.17) is 0 Å². The van der Waals surface area contributed by atoms with Crippen LogP contribution in [0.25, 0.3) is 11.0 Å². The topological polar surface area (TPSA) is 80.2 Å². The van der Waals surface area contributed by atoms with Gasteiger partial charge in [0.05, 0.1) is 22.4 Å². The molecule has 1 aliphatic heterocycles. The minimum atomic E-state index is -3.62. The van der Waals surface area contributed by atoms with Crippen molar-refractivity contribution < 1.29 is 13.2 Å². The van der Waals surface area contributed by atoms with Gasteiger partial charge in [-0.25, -0.2) is 8.42 Å². The Kier molecular flexibility index (Phi) is 4.24. The maximum absolute atomic E-state index is 12.8. The van der Waals surface area contributed by atoms with Crippen molar-refractivity contribution in [3.63, 3.8) is 0 Å². The number of aromatic nitrogens is 2. The molecule has 2 heterocycles. The van der Waals surface area contributed by atoms with Crippen LogP contribution >= 0.6 is 11.7 Å². The molecule has 2 aromatic carbocycles. The Labute approximate surface area is 155 Å². The van der Waals surface area contributed by atoms with Gasteiger partial charge in [-0.05, 0) is 37.1 Å². The third-order valence-electron chi connectivity index (χ3n) is 4.64. The van der Waals surface area contributed by atoms with Crippen LogP contribution < -0.4 is 4.90 Å². The number of amides is 1. The maximum Gasteiger partial charge on any atom is 0.228 e. The molecule has 134 valence electrons. The Balaban J connectivity index is 1.55. The Morgan fingerprint density at radius 2 is 2.00 bits per heavy atom. The number of rotatable bonds is 4. The lowest BCUT2D eigenvalue weighted by Crippen LogP contribution is -2.36. The number of fused-ring (bicyclic) bond motifs is 2. The molecule has 1 atom stereocenters. The monoisotopic (exact) mass is 387 g/mol. The minimum absolute atomic E-state index is 0.0359. The zero-order chi connectivity index (χ0) is 18.3. The van der Waals surface area contributed by atoms with Crippen LogP contribution in [0.5, 0.6) is 0 Å². The van der Waals surface area contributed by atoms with Crippen LogP contribution in [0.15, 0.2) is 47.4 Å². The van der Waals surface area contributed by atoms with Gasteiger partial charge in [-0.2, -0.15) is 8.75 Å². The van der Waals surface area contributed by atoms with Crippen molar-refractivity contribution >= 4 is 44.2 Å². The molecule has 0 fully saturated rings. The summed E-state index contributed by atoms with van der Waals surface area (Å²) in [6.45, 7) is 1.98. The van der Waals surface area contributed by atoms with Crippen LogP contribution in [0.4, 0.5) is 5.69 Å². The summed E-state index contributed by atoms with van der Waals surface area (Å²) < 4.78 is 33.7. The molecule has 0 unspecified atom stereocenters. The van der Waals surface area contributed by atoms with E-state index in [1.54, 1.807) is 17.0 Å². The van der Waals surface area contributed by atoms with E-state index in [0.29, 0.717) is 11.0 Å². The van der Waals surface area contributed by atoms with Crippen molar-refractivity contribution in [2.45, 2.75) is 30.7 Å². The van der Waals surface area contributed by atoms with Crippen molar-refractivity contribution in [1.82, 2.24) is 8.75 Å². The second kappa shape index (κ2) is 6.44. The second-order valence-corrected chi connectivity index (χ2v) is 9.01. The highest BCUT2D eigenvalue weighted by Crippen LogP contribution is 2.32. The van der Waals surface area contributed by atoms with Gasteiger partial charge in [-0.3, -0.25) is 4.79 Å². The zero-order valence-corrected chi connectivity index (χ0v) is 15.8. The number of sulfone groups is 1. The van der Waals surface area contributed by atoms with Crippen LogP contribution in [0, 0.1) is 0 Å². The number of para-hydroxylation sites is 1. The molecule has 4 rings (SSSR count). The molecule has 0 spiro atoms. The second-order valence-electron chi connectivity index (χ2n) is 6.40. The quantitative estimate of drug-likeness (QED) is 0.688. The van der Waals surface area contributed by atoms with Gasteiger partial charge in [0.2, 0.25) is 5.91 Å². The highest BCUT2D eigenvalue weighted by Gasteiger charge is 2.31. The van der Waals surface area contributed by atoms with Crippen molar-refractivity contribution in [3.05, 3.63) is 48.0 Å². The number of carbonyl (C=O) groups is 1. The van der Waals surface area contributed by atoms with Gasteiger partial charge in [0.15, 0.2) is 9.84 Å². The fraction of sp³-hybridized carbons (Fsp3) is 0.278. The van der Waals surface area contributed by atoms with E-state index in [1.807, 2.05) is 31.2 Å². The summed E-state index contributed by atoms with van der Waals surface area (Å²) in [7, 11) is -3.62. The van der Waals surface area contributed by atoms with Gasteiger partial charge in [-0.15, -0.1) is 0 Å². The van der Waals surface area contributed by atoms with Crippen LogP contribution in [0.1, 0.15) is 18.9 Å². The minimum Gasteiger partial charge on any atom is -0.309 e. The first-order valence-electron chi connectivity index (χ1n) is 8.31. The summed E-state index contributed by atoms with van der Waals surface area (Å²) in [5.74, 6) is -0.414. The van der Waals surface area contributed by atoms with E-state index >= 15 is 0 Å². The van der Waals surface area contributed by atoms with Gasteiger partial charge in [0.1, 0.15) is 11.0 Å². The van der Waals surface area contributed by atoms with E-state index in [-0.39, 0.29) is 29.0 Å². The highest BCUT2D eigenvalue weighted by molar-refractivity contribution is 7.91. The highest BCUT2D eigenvalue weighted by atomic mass is 32.2. The van der Waals surface area contributed by atoms with Crippen LogP contribution in [-0.4, -0.2) is 34.9 Å². The van der Waals surface area contributed by atoms with E-state index in [1.165, 1.54) is 6.07 Å². The molecule has 0 saturated carbocycles. The fourth-order valence-electron chi connectivity index (χ4n) is 3.43. The third kappa shape index (κ3) is 2.89. The predicted octanol–water partition coefficient (Wildman–Crippen LogP) is 2.83. The Bertz CT molecular complexity index is 1090. The number of carbonyl (C=O) groups excluding carboxylic acids is 1. The average molecular weight is 387 g/mol. The van der Waals surface area contributed by atoms with Crippen molar-refractivity contribution in [2.75, 3.05) is 10.7 Å². The number of hydrogen-bond donors (Lipinski definition) is 0. The molecule has 1 aromatic heterocycles. The molecule has 0 radical (unpaired) electrons. The molecular weight excluding hydrogens is 370 g/mol. The first-order chi connectivity index (χ1) is 12.5. The molecule has 0 aliphatic carbocycles. The molecule has 6 nitrogen and oxygen atoms in total. The van der Waals surface area contributed by atoms with E-state index in [0.717, 1.165) is 29.4 Å². The first kappa shape index (κ1) is 17.1. The van der Waals surface area contributed by atoms with E-state index in [9.17, 15) is 13.2 Å². The molecule has 1 amide bonds. The van der Waals surface area contributed by atoms with Crippen LogP contribution in [0.2, 0.25) is 0 Å². The molecule has 0 saturated heterocycles. The molecular formula is C18H17N3O3S2. The molecule has 8 heteroatoms. The number of benzene rings is 2. The lowest BCUT2D eigenvalue weighted by atomic mass is 10.1. The van der Waals surface area contributed by atoms with Crippen molar-refractivity contribution in [1.29, 1.82) is 0 Å². The van der Waals surface area contributed by atoms with Crippen molar-refractivity contribution in [2.24, 2.45) is 0 Å². The van der Waals surface area contributed by atoms with Crippen LogP contribution in [-0.2, 0) is 21.1 Å². The summed E-state index contributed by atoms with van der Waals surface area (Å²) in [6, 6.07) is 12.7. The first-order valence-corrected chi connectivity index (χ1v) is 10.7. The molecule has 1 aliphatic rings. The third-order valence-corrected chi connectivity index (χ3v) is 6.93. The fourth-order valence-corrected chi connectivity index (χ4v) is 5.43. The van der Waals surface area contributed by atoms with E-state index in [2.05, 4.69) is 8.75 Å². The number of anilines is 1. The number of nitrogens with zero attached hydrogens (tertiary/aromatic N) is 3. The Hall–Kier alpha value is -2.32. The standard InChI is InChI=1S/C18H17N3O3S2/c1-12-11-13-5-2-3-7-15(13)21(12)17(22)9-10-26(23,24)16-8-4-6-14-18(16)20-25-19-14/h2-8,12H,9-11H2,1H3/t12-/m0/s1. The molecule has 3 aromatic rings. The summed E-state index contributed by atoms with van der Waals surface area (Å²) in [5.41, 5.74) is 2.94. The predicted molar refractivity (Wildman–Crippen MR) is 101 cm³/mol. The summed E-state index contributed by atoms with van der Waals surface area (Å²) in [5, 5.41) is 0. The molecule has 0 N–H and O–H groups in total. The maximum atomic E-state index is 12.8. The van der Waals surface area contributed by atoms with Gasteiger partial charge in [-0.1, -0.05) is 24.3 Å². The zero-order valence-electron chi connectivity index (χ0n) is 14.1.